The standard InChI is InChI=1S/C26H19N3O3/c27-16-19(15-20-17-28(18-25(30)31)24-14-8-7-13-23(20)24)26(32)29(21-9-3-1-4-10-21)22-11-5-2-6-12-22/h1-15,17H,18H2,(H,30,31). The topological polar surface area (TPSA) is 86.3 Å². The van der Waals surface area contributed by atoms with Gasteiger partial charge >= 0.3 is 5.97 Å². The summed E-state index contributed by atoms with van der Waals surface area (Å²) < 4.78 is 1.59. The molecule has 156 valence electrons. The molecule has 3 aromatic carbocycles. The normalized spacial score (nSPS) is 11.2. The van der Waals surface area contributed by atoms with Crippen molar-refractivity contribution in [3.63, 3.8) is 0 Å². The first-order valence-electron chi connectivity index (χ1n) is 9.94. The first-order valence-corrected chi connectivity index (χ1v) is 9.94. The maximum Gasteiger partial charge on any atom is 0.323 e. The molecule has 0 radical (unpaired) electrons. The fourth-order valence-corrected chi connectivity index (χ4v) is 3.62. The second-order valence-corrected chi connectivity index (χ2v) is 7.10. The van der Waals surface area contributed by atoms with Gasteiger partial charge in [-0.3, -0.25) is 14.5 Å². The minimum atomic E-state index is -0.975. The van der Waals surface area contributed by atoms with Crippen molar-refractivity contribution in [1.82, 2.24) is 4.57 Å². The van der Waals surface area contributed by atoms with E-state index in [1.165, 1.54) is 11.0 Å². The molecule has 4 aromatic rings. The summed E-state index contributed by atoms with van der Waals surface area (Å²) in [7, 11) is 0. The molecule has 0 atom stereocenters. The van der Waals surface area contributed by atoms with Gasteiger partial charge < -0.3 is 9.67 Å². The molecule has 0 unspecified atom stereocenters. The number of nitrogens with zero attached hydrogens (tertiary/aromatic N) is 3. The summed E-state index contributed by atoms with van der Waals surface area (Å²) >= 11 is 0. The Balaban J connectivity index is 1.82. The molecular weight excluding hydrogens is 402 g/mol. The van der Waals surface area contributed by atoms with Gasteiger partial charge in [-0.2, -0.15) is 5.26 Å². The predicted molar refractivity (Wildman–Crippen MR) is 123 cm³/mol. The molecule has 0 spiro atoms. The van der Waals surface area contributed by atoms with Gasteiger partial charge in [-0.05, 0) is 36.4 Å². The maximum absolute atomic E-state index is 13.5. The van der Waals surface area contributed by atoms with Gasteiger partial charge in [0.2, 0.25) is 0 Å². The van der Waals surface area contributed by atoms with Gasteiger partial charge in [0.15, 0.2) is 0 Å². The quantitative estimate of drug-likeness (QED) is 0.351. The highest BCUT2D eigenvalue weighted by molar-refractivity contribution is 6.15. The number of benzene rings is 3. The van der Waals surface area contributed by atoms with Gasteiger partial charge in [0.05, 0.1) is 0 Å². The van der Waals surface area contributed by atoms with Crippen molar-refractivity contribution in [2.75, 3.05) is 4.90 Å². The van der Waals surface area contributed by atoms with E-state index in [-0.39, 0.29) is 12.1 Å². The van der Waals surface area contributed by atoms with Crippen LogP contribution in [0.15, 0.2) is 96.7 Å². The molecule has 32 heavy (non-hydrogen) atoms. The number of hydrogen-bond donors (Lipinski definition) is 1. The average Bonchev–Trinajstić information content (AvgIpc) is 3.15. The molecule has 1 heterocycles. The van der Waals surface area contributed by atoms with E-state index in [0.717, 1.165) is 5.39 Å². The Morgan fingerprint density at radius 2 is 1.47 bits per heavy atom. The Bertz CT molecular complexity index is 1310. The van der Waals surface area contributed by atoms with Crippen LogP contribution in [0, 0.1) is 11.3 Å². The number of hydrogen-bond acceptors (Lipinski definition) is 3. The van der Waals surface area contributed by atoms with Crippen LogP contribution in [0.4, 0.5) is 11.4 Å². The number of rotatable bonds is 6. The second-order valence-electron chi connectivity index (χ2n) is 7.10. The van der Waals surface area contributed by atoms with Crippen LogP contribution in [-0.4, -0.2) is 21.6 Å². The Kier molecular flexibility index (Phi) is 5.82. The van der Waals surface area contributed by atoms with Crippen molar-refractivity contribution in [3.05, 3.63) is 102 Å². The Morgan fingerprint density at radius 3 is 2.03 bits per heavy atom. The number of aliphatic carboxylic acids is 1. The van der Waals surface area contributed by atoms with Crippen molar-refractivity contribution >= 4 is 40.2 Å². The fraction of sp³-hybridized carbons (Fsp3) is 0.0385. The molecule has 4 rings (SSSR count). The highest BCUT2D eigenvalue weighted by Gasteiger charge is 2.22. The highest BCUT2D eigenvalue weighted by Crippen LogP contribution is 2.29. The molecule has 0 saturated carbocycles. The summed E-state index contributed by atoms with van der Waals surface area (Å²) in [5, 5.41) is 19.8. The fourth-order valence-electron chi connectivity index (χ4n) is 3.62. The van der Waals surface area contributed by atoms with E-state index in [0.29, 0.717) is 22.5 Å². The summed E-state index contributed by atoms with van der Waals surface area (Å²) in [6.45, 7) is -0.218. The average molecular weight is 421 g/mol. The monoisotopic (exact) mass is 421 g/mol. The van der Waals surface area contributed by atoms with E-state index in [2.05, 4.69) is 0 Å². The molecule has 6 nitrogen and oxygen atoms in total. The molecule has 1 N–H and O–H groups in total. The van der Waals surface area contributed by atoms with Gasteiger partial charge in [-0.25, -0.2) is 0 Å². The lowest BCUT2D eigenvalue weighted by Gasteiger charge is -2.22. The van der Waals surface area contributed by atoms with E-state index < -0.39 is 11.9 Å². The zero-order valence-corrected chi connectivity index (χ0v) is 17.1. The van der Waals surface area contributed by atoms with Gasteiger partial charge in [0, 0.05) is 34.0 Å². The molecule has 0 aliphatic carbocycles. The Labute approximate surface area is 184 Å². The third-order valence-electron chi connectivity index (χ3n) is 5.01. The lowest BCUT2D eigenvalue weighted by Crippen LogP contribution is -2.27. The Morgan fingerprint density at radius 1 is 0.906 bits per heavy atom. The number of carboxylic acid groups (broad SMARTS) is 1. The molecule has 0 fully saturated rings. The van der Waals surface area contributed by atoms with Crippen LogP contribution in [-0.2, 0) is 16.1 Å². The SMILES string of the molecule is N#CC(=Cc1cn(CC(=O)O)c2ccccc12)C(=O)N(c1ccccc1)c1ccccc1. The number of aromatic nitrogens is 1. The van der Waals surface area contributed by atoms with Gasteiger partial charge in [-0.15, -0.1) is 0 Å². The zero-order valence-electron chi connectivity index (χ0n) is 17.1. The van der Waals surface area contributed by atoms with Gasteiger partial charge in [0.25, 0.3) is 5.91 Å². The van der Waals surface area contributed by atoms with Crippen molar-refractivity contribution in [2.45, 2.75) is 6.54 Å². The second kappa shape index (κ2) is 9.02. The summed E-state index contributed by atoms with van der Waals surface area (Å²) in [5.41, 5.74) is 2.54. The number of carbonyl (C=O) groups excluding carboxylic acids is 1. The third kappa shape index (κ3) is 4.13. The van der Waals surface area contributed by atoms with Crippen molar-refractivity contribution in [3.8, 4) is 6.07 Å². The number of amides is 1. The number of para-hydroxylation sites is 3. The number of anilines is 2. The van der Waals surface area contributed by atoms with Gasteiger partial charge in [0.1, 0.15) is 18.2 Å². The molecular formula is C26H19N3O3. The predicted octanol–water partition coefficient (Wildman–Crippen LogP) is 5.00. The van der Waals surface area contributed by atoms with Crippen LogP contribution in [0.25, 0.3) is 17.0 Å². The molecule has 0 saturated heterocycles. The molecule has 6 heteroatoms. The summed E-state index contributed by atoms with van der Waals surface area (Å²) in [4.78, 5) is 26.3. The van der Waals surface area contributed by atoms with Gasteiger partial charge in [-0.1, -0.05) is 54.6 Å². The molecule has 0 aliphatic heterocycles. The minimum absolute atomic E-state index is 0.0593. The molecule has 0 bridgehead atoms. The van der Waals surface area contributed by atoms with E-state index in [1.54, 1.807) is 35.0 Å². The summed E-state index contributed by atoms with van der Waals surface area (Å²) in [6.07, 6.45) is 3.17. The van der Waals surface area contributed by atoms with Crippen LogP contribution in [0.1, 0.15) is 5.56 Å². The molecule has 1 amide bonds. The van der Waals surface area contributed by atoms with Crippen LogP contribution < -0.4 is 4.90 Å². The van der Waals surface area contributed by atoms with Crippen LogP contribution in [0.2, 0.25) is 0 Å². The van der Waals surface area contributed by atoms with E-state index >= 15 is 0 Å². The summed E-state index contributed by atoms with van der Waals surface area (Å²) in [6, 6.07) is 27.6. The molecule has 1 aromatic heterocycles. The van der Waals surface area contributed by atoms with Crippen molar-refractivity contribution < 1.29 is 14.7 Å². The first kappa shape index (κ1) is 20.6. The number of fused-ring (bicyclic) bond motifs is 1. The zero-order chi connectivity index (χ0) is 22.5. The number of nitriles is 1. The van der Waals surface area contributed by atoms with Crippen molar-refractivity contribution in [2.24, 2.45) is 0 Å². The smallest absolute Gasteiger partial charge is 0.323 e. The van der Waals surface area contributed by atoms with E-state index in [1.807, 2.05) is 66.7 Å². The minimum Gasteiger partial charge on any atom is -0.480 e. The maximum atomic E-state index is 13.5. The van der Waals surface area contributed by atoms with E-state index in [4.69, 9.17) is 0 Å². The van der Waals surface area contributed by atoms with Crippen LogP contribution >= 0.6 is 0 Å². The van der Waals surface area contributed by atoms with Crippen molar-refractivity contribution in [1.29, 1.82) is 5.26 Å². The first-order chi connectivity index (χ1) is 15.6. The largest absolute Gasteiger partial charge is 0.480 e. The third-order valence-corrected chi connectivity index (χ3v) is 5.01. The lowest BCUT2D eigenvalue weighted by molar-refractivity contribution is -0.137. The summed E-state index contributed by atoms with van der Waals surface area (Å²) in [5.74, 6) is -1.45. The highest BCUT2D eigenvalue weighted by atomic mass is 16.4. The Hall–Kier alpha value is -4.63. The van der Waals surface area contributed by atoms with Crippen LogP contribution in [0.5, 0.6) is 0 Å². The molecule has 0 aliphatic rings. The van der Waals surface area contributed by atoms with E-state index in [9.17, 15) is 20.0 Å². The number of carbonyl (C=O) groups is 2. The lowest BCUT2D eigenvalue weighted by atomic mass is 10.1. The van der Waals surface area contributed by atoms with Crippen LogP contribution in [0.3, 0.4) is 0 Å². The number of carboxylic acids is 1.